The second-order valence-electron chi connectivity index (χ2n) is 6.74. The largest absolute Gasteiger partial charge is 0.412 e. The molecule has 1 saturated heterocycles. The first-order valence-electron chi connectivity index (χ1n) is 7.88. The minimum atomic E-state index is -4.84. The van der Waals surface area contributed by atoms with Crippen LogP contribution in [0.2, 0.25) is 0 Å². The first-order chi connectivity index (χ1) is 11.5. The topological polar surface area (TPSA) is 75.5 Å². The lowest BCUT2D eigenvalue weighted by Crippen LogP contribution is -2.64. The van der Waals surface area contributed by atoms with Crippen molar-refractivity contribution >= 4 is 11.6 Å². The van der Waals surface area contributed by atoms with Gasteiger partial charge in [0, 0.05) is 18.0 Å². The maximum atomic E-state index is 14.4. The summed E-state index contributed by atoms with van der Waals surface area (Å²) in [6, 6.07) is 4.82. The van der Waals surface area contributed by atoms with Gasteiger partial charge < -0.3 is 0 Å². The summed E-state index contributed by atoms with van der Waals surface area (Å²) in [6.07, 6.45) is -5.28. The zero-order valence-electron chi connectivity index (χ0n) is 14.2. The maximum absolute atomic E-state index is 14.4. The van der Waals surface area contributed by atoms with Gasteiger partial charge in [0.05, 0.1) is 10.5 Å². The fourth-order valence-corrected chi connectivity index (χ4v) is 3.53. The second kappa shape index (κ2) is 6.29. The Bertz CT molecular complexity index is 691. The van der Waals surface area contributed by atoms with E-state index in [-0.39, 0.29) is 12.8 Å². The average Bonchev–Trinajstić information content (AvgIpc) is 2.76. The van der Waals surface area contributed by atoms with Crippen LogP contribution in [0, 0.1) is 10.1 Å². The van der Waals surface area contributed by atoms with Crippen molar-refractivity contribution in [3.8, 4) is 0 Å². The van der Waals surface area contributed by atoms with Crippen LogP contribution in [0.4, 0.5) is 18.9 Å². The molecule has 1 aromatic rings. The summed E-state index contributed by atoms with van der Waals surface area (Å²) >= 11 is 0. The van der Waals surface area contributed by atoms with Gasteiger partial charge in [-0.2, -0.15) is 18.2 Å². The smallest absolute Gasteiger partial charge is 0.287 e. The van der Waals surface area contributed by atoms with E-state index in [0.29, 0.717) is 0 Å². The lowest BCUT2D eigenvalue weighted by atomic mass is 9.80. The summed E-state index contributed by atoms with van der Waals surface area (Å²) in [4.78, 5) is 22.4. The van der Waals surface area contributed by atoms with Crippen molar-refractivity contribution in [2.75, 3.05) is 0 Å². The molecular weight excluding hydrogens is 339 g/mol. The van der Waals surface area contributed by atoms with Crippen LogP contribution < -0.4 is 5.43 Å². The summed E-state index contributed by atoms with van der Waals surface area (Å²) < 4.78 is 43.2. The summed E-state index contributed by atoms with van der Waals surface area (Å²) in [5.74, 6) is -0.548. The number of carbonyl (C=O) groups is 1. The van der Waals surface area contributed by atoms with E-state index in [1.807, 2.05) is 0 Å². The number of hydrazine groups is 1. The third-order valence-electron chi connectivity index (χ3n) is 4.44. The summed E-state index contributed by atoms with van der Waals surface area (Å²) in [7, 11) is 0. The molecule has 0 unspecified atom stereocenters. The van der Waals surface area contributed by atoms with E-state index in [2.05, 4.69) is 5.43 Å². The van der Waals surface area contributed by atoms with Crippen LogP contribution in [-0.2, 0) is 10.3 Å². The maximum Gasteiger partial charge on any atom is 0.412 e. The molecule has 0 saturated carbocycles. The van der Waals surface area contributed by atoms with Crippen LogP contribution in [0.1, 0.15) is 45.6 Å². The molecule has 1 fully saturated rings. The van der Waals surface area contributed by atoms with Crippen LogP contribution in [0.3, 0.4) is 0 Å². The molecule has 0 aliphatic carbocycles. The highest BCUT2D eigenvalue weighted by atomic mass is 19.4. The van der Waals surface area contributed by atoms with E-state index in [4.69, 9.17) is 0 Å². The first kappa shape index (κ1) is 19.2. The van der Waals surface area contributed by atoms with Gasteiger partial charge in [-0.3, -0.25) is 20.3 Å². The zero-order valence-corrected chi connectivity index (χ0v) is 14.2. The van der Waals surface area contributed by atoms with Crippen molar-refractivity contribution in [3.63, 3.8) is 0 Å². The third-order valence-corrected chi connectivity index (χ3v) is 4.44. The molecule has 1 aliphatic heterocycles. The van der Waals surface area contributed by atoms with Gasteiger partial charge in [0.15, 0.2) is 5.54 Å². The number of halogens is 3. The number of hydrogen-bond donors (Lipinski definition) is 1. The lowest BCUT2D eigenvalue weighted by molar-refractivity contribution is -0.388. The molecule has 0 radical (unpaired) electrons. The number of para-hydroxylation sites is 1. The molecule has 0 bridgehead atoms. The summed E-state index contributed by atoms with van der Waals surface area (Å²) in [5.41, 5.74) is -2.65. The van der Waals surface area contributed by atoms with Gasteiger partial charge in [-0.1, -0.05) is 25.5 Å². The quantitative estimate of drug-likeness (QED) is 0.643. The van der Waals surface area contributed by atoms with Crippen molar-refractivity contribution in [3.05, 3.63) is 39.9 Å². The van der Waals surface area contributed by atoms with Gasteiger partial charge in [0.25, 0.3) is 5.69 Å². The molecule has 1 aliphatic rings. The van der Waals surface area contributed by atoms with Gasteiger partial charge >= 0.3 is 6.18 Å². The zero-order chi connectivity index (χ0) is 19.0. The van der Waals surface area contributed by atoms with Gasteiger partial charge in [0.2, 0.25) is 5.91 Å². The Morgan fingerprint density at radius 3 is 2.36 bits per heavy atom. The van der Waals surface area contributed by atoms with Crippen molar-refractivity contribution < 1.29 is 22.9 Å². The van der Waals surface area contributed by atoms with E-state index in [1.165, 1.54) is 26.0 Å². The number of rotatable bonds is 5. The highest BCUT2D eigenvalue weighted by Crippen LogP contribution is 2.52. The molecular formula is C16H20F3N3O3. The Labute approximate surface area is 143 Å². The molecule has 2 rings (SSSR count). The van der Waals surface area contributed by atoms with E-state index in [1.54, 1.807) is 6.92 Å². The molecule has 1 amide bonds. The Morgan fingerprint density at radius 1 is 1.32 bits per heavy atom. The number of hydrogen-bond acceptors (Lipinski definition) is 4. The minimum Gasteiger partial charge on any atom is -0.287 e. The lowest BCUT2D eigenvalue weighted by Gasteiger charge is -2.47. The number of nitro groups is 1. The molecule has 1 atom stereocenters. The minimum absolute atomic E-state index is 0.119. The van der Waals surface area contributed by atoms with Gasteiger partial charge in [-0.25, -0.2) is 0 Å². The fourth-order valence-electron chi connectivity index (χ4n) is 3.53. The number of amides is 1. The number of nitrogens with zero attached hydrogens (tertiary/aromatic N) is 2. The van der Waals surface area contributed by atoms with Crippen LogP contribution in [0.5, 0.6) is 0 Å². The summed E-state index contributed by atoms with van der Waals surface area (Å²) in [5, 5.41) is 12.2. The third kappa shape index (κ3) is 3.08. The van der Waals surface area contributed by atoms with Crippen LogP contribution in [0.15, 0.2) is 24.3 Å². The monoisotopic (exact) mass is 359 g/mol. The summed E-state index contributed by atoms with van der Waals surface area (Å²) in [6.45, 7) is 4.59. The number of nitrogens with one attached hydrogen (secondary N) is 1. The average molecular weight is 359 g/mol. The molecule has 1 heterocycles. The van der Waals surface area contributed by atoms with E-state index in [0.717, 1.165) is 17.1 Å². The van der Waals surface area contributed by atoms with Crippen LogP contribution >= 0.6 is 0 Å². The van der Waals surface area contributed by atoms with Crippen LogP contribution in [-0.4, -0.2) is 27.6 Å². The molecule has 1 aromatic carbocycles. The number of alkyl halides is 3. The van der Waals surface area contributed by atoms with Crippen molar-refractivity contribution in [2.45, 2.75) is 57.3 Å². The standard InChI is InChI=1S/C16H20F3N3O3/c1-4-9-15(16(17,18)19,22-14(2,3)10-13(23)20-22)11-7-5-6-8-12(11)21(24)25/h5-8H,4,9-10H2,1-3H3,(H,20,23)/t15-/m0/s1. The normalized spacial score (nSPS) is 20.2. The second-order valence-corrected chi connectivity index (χ2v) is 6.74. The highest BCUT2D eigenvalue weighted by Gasteiger charge is 2.66. The molecule has 1 N–H and O–H groups in total. The SMILES string of the molecule is CCC[C@@](c1ccccc1[N+](=O)[O-])(N1NC(=O)CC1(C)C)C(F)(F)F. The molecule has 138 valence electrons. The van der Waals surface area contributed by atoms with Crippen LogP contribution in [0.25, 0.3) is 0 Å². The fraction of sp³-hybridized carbons (Fsp3) is 0.562. The van der Waals surface area contributed by atoms with Gasteiger partial charge in [0.1, 0.15) is 0 Å². The van der Waals surface area contributed by atoms with Crippen molar-refractivity contribution in [1.29, 1.82) is 0 Å². The molecule has 6 nitrogen and oxygen atoms in total. The molecule has 25 heavy (non-hydrogen) atoms. The van der Waals surface area contributed by atoms with E-state index in [9.17, 15) is 28.1 Å². The Balaban J connectivity index is 2.83. The predicted molar refractivity (Wildman–Crippen MR) is 84.4 cm³/mol. The molecule has 0 spiro atoms. The molecule has 0 aromatic heterocycles. The van der Waals surface area contributed by atoms with E-state index < -0.39 is 45.8 Å². The number of nitro benzene ring substituents is 1. The Kier molecular flexibility index (Phi) is 4.82. The van der Waals surface area contributed by atoms with Gasteiger partial charge in [-0.15, -0.1) is 0 Å². The number of carbonyl (C=O) groups excluding carboxylic acids is 1. The molecule has 9 heteroatoms. The van der Waals surface area contributed by atoms with E-state index >= 15 is 0 Å². The Morgan fingerprint density at radius 2 is 1.92 bits per heavy atom. The van der Waals surface area contributed by atoms with Crippen molar-refractivity contribution in [2.24, 2.45) is 0 Å². The Hall–Kier alpha value is -2.16. The first-order valence-corrected chi connectivity index (χ1v) is 7.88. The van der Waals surface area contributed by atoms with Gasteiger partial charge in [-0.05, 0) is 26.3 Å². The number of benzene rings is 1. The highest BCUT2D eigenvalue weighted by molar-refractivity contribution is 5.79. The van der Waals surface area contributed by atoms with Crippen molar-refractivity contribution in [1.82, 2.24) is 10.4 Å². The predicted octanol–water partition coefficient (Wildman–Crippen LogP) is 3.67.